The third kappa shape index (κ3) is 5.50. The monoisotopic (exact) mass is 495 g/mol. The molecule has 0 aliphatic carbocycles. The largest absolute Gasteiger partial charge is 0.357 e. The van der Waals surface area contributed by atoms with Crippen molar-refractivity contribution in [2.45, 2.75) is 26.4 Å². The first-order valence-corrected chi connectivity index (χ1v) is 9.52. The lowest BCUT2D eigenvalue weighted by atomic mass is 10.00. The normalized spacial score (nSPS) is 13.5. The molecule has 0 unspecified atom stereocenters. The van der Waals surface area contributed by atoms with Crippen molar-refractivity contribution in [1.82, 2.24) is 19.7 Å². The Morgan fingerprint density at radius 1 is 1.21 bits per heavy atom. The molecule has 1 aliphatic rings. The number of amides is 1. The van der Waals surface area contributed by atoms with Crippen LogP contribution in [0.15, 0.2) is 47.6 Å². The average Bonchev–Trinajstić information content (AvgIpc) is 3.08. The molecule has 0 fully saturated rings. The highest BCUT2D eigenvalue weighted by atomic mass is 127. The number of fused-ring (bicyclic) bond motifs is 1. The molecule has 0 saturated carbocycles. The number of hydrogen-bond donors (Lipinski definition) is 1. The number of nitrogens with zero attached hydrogens (tertiary/aromatic N) is 4. The summed E-state index contributed by atoms with van der Waals surface area (Å²) in [5, 5.41) is 3.28. The zero-order valence-corrected chi connectivity index (χ0v) is 19.2. The van der Waals surface area contributed by atoms with Gasteiger partial charge in [-0.2, -0.15) is 0 Å². The molecule has 3 rings (SSSR count). The maximum Gasteiger partial charge on any atom is 0.244 e. The molecule has 0 radical (unpaired) electrons. The van der Waals surface area contributed by atoms with Gasteiger partial charge in [0.1, 0.15) is 6.54 Å². The first-order valence-electron chi connectivity index (χ1n) is 9.52. The fourth-order valence-electron chi connectivity index (χ4n) is 3.40. The summed E-state index contributed by atoms with van der Waals surface area (Å²) in [6.07, 6.45) is 2.95. The van der Waals surface area contributed by atoms with Gasteiger partial charge in [0.25, 0.3) is 0 Å². The molecule has 2 heterocycles. The quantitative estimate of drug-likeness (QED) is 0.395. The van der Waals surface area contributed by atoms with Crippen molar-refractivity contribution in [2.24, 2.45) is 12.0 Å². The van der Waals surface area contributed by atoms with Crippen LogP contribution in [0.2, 0.25) is 0 Å². The van der Waals surface area contributed by atoms with E-state index >= 15 is 0 Å². The van der Waals surface area contributed by atoms with Crippen LogP contribution < -0.4 is 5.32 Å². The zero-order valence-electron chi connectivity index (χ0n) is 16.9. The van der Waals surface area contributed by atoms with Crippen LogP contribution in [-0.4, -0.2) is 52.9 Å². The number of aromatic nitrogens is 1. The molecule has 6 nitrogen and oxygen atoms in total. The van der Waals surface area contributed by atoms with E-state index in [2.05, 4.69) is 44.0 Å². The number of aliphatic imine (C=N–C) groups is 1. The van der Waals surface area contributed by atoms with E-state index in [4.69, 9.17) is 0 Å². The summed E-state index contributed by atoms with van der Waals surface area (Å²) < 4.78 is 2.09. The van der Waals surface area contributed by atoms with Gasteiger partial charge in [-0.15, -0.1) is 24.0 Å². The summed E-state index contributed by atoms with van der Waals surface area (Å²) in [6, 6.07) is 12.5. The molecule has 0 spiro atoms. The van der Waals surface area contributed by atoms with E-state index in [0.717, 1.165) is 32.0 Å². The zero-order chi connectivity index (χ0) is 19.2. The third-order valence-corrected chi connectivity index (χ3v) is 4.99. The van der Waals surface area contributed by atoms with Crippen LogP contribution in [0.3, 0.4) is 0 Å². The van der Waals surface area contributed by atoms with Crippen LogP contribution in [0, 0.1) is 0 Å². The van der Waals surface area contributed by atoms with Gasteiger partial charge < -0.3 is 19.7 Å². The number of halogens is 1. The number of rotatable bonds is 5. The highest BCUT2D eigenvalue weighted by Gasteiger charge is 2.20. The molecule has 2 aromatic rings. The lowest BCUT2D eigenvalue weighted by Gasteiger charge is -2.29. The van der Waals surface area contributed by atoms with Crippen LogP contribution in [0.1, 0.15) is 23.7 Å². The van der Waals surface area contributed by atoms with E-state index in [1.807, 2.05) is 44.2 Å². The number of aryl methyl sites for hydroxylation is 1. The molecule has 1 aromatic carbocycles. The Bertz CT molecular complexity index is 817. The van der Waals surface area contributed by atoms with Crippen molar-refractivity contribution < 1.29 is 4.79 Å². The summed E-state index contributed by atoms with van der Waals surface area (Å²) in [7, 11) is 4.03. The van der Waals surface area contributed by atoms with Crippen molar-refractivity contribution in [3.63, 3.8) is 0 Å². The molecule has 28 heavy (non-hydrogen) atoms. The number of carbonyl (C=O) groups is 1. The second-order valence-electron chi connectivity index (χ2n) is 6.97. The second kappa shape index (κ2) is 10.5. The first kappa shape index (κ1) is 22.3. The van der Waals surface area contributed by atoms with Crippen molar-refractivity contribution in [3.8, 4) is 0 Å². The van der Waals surface area contributed by atoms with Gasteiger partial charge in [-0.05, 0) is 36.6 Å². The number of carbonyl (C=O) groups excluding carboxylic acids is 1. The third-order valence-electron chi connectivity index (χ3n) is 4.99. The van der Waals surface area contributed by atoms with Crippen LogP contribution in [0.4, 0.5) is 0 Å². The first-order chi connectivity index (χ1) is 13.1. The Labute approximate surface area is 184 Å². The highest BCUT2D eigenvalue weighted by Crippen LogP contribution is 2.18. The Balaban J connectivity index is 0.00000280. The second-order valence-corrected chi connectivity index (χ2v) is 6.97. The molecule has 1 amide bonds. The van der Waals surface area contributed by atoms with Crippen molar-refractivity contribution >= 4 is 35.8 Å². The Kier molecular flexibility index (Phi) is 8.35. The SMILES string of the molecule is CCNC(=NCC(=O)N1CCc2ccccc2C1)N(C)Cc1cccn1C.I. The summed E-state index contributed by atoms with van der Waals surface area (Å²) in [5.41, 5.74) is 3.79. The van der Waals surface area contributed by atoms with Gasteiger partial charge in [0.15, 0.2) is 5.96 Å². The van der Waals surface area contributed by atoms with Crippen molar-refractivity contribution in [3.05, 3.63) is 59.4 Å². The minimum atomic E-state index is 0. The van der Waals surface area contributed by atoms with Crippen LogP contribution in [0.5, 0.6) is 0 Å². The van der Waals surface area contributed by atoms with E-state index in [1.165, 1.54) is 16.8 Å². The van der Waals surface area contributed by atoms with E-state index in [9.17, 15) is 4.79 Å². The maximum atomic E-state index is 12.7. The molecule has 152 valence electrons. The van der Waals surface area contributed by atoms with Gasteiger partial charge >= 0.3 is 0 Å². The van der Waals surface area contributed by atoms with Gasteiger partial charge in [0.05, 0.1) is 6.54 Å². The van der Waals surface area contributed by atoms with Gasteiger partial charge in [-0.1, -0.05) is 24.3 Å². The average molecular weight is 495 g/mol. The molecule has 1 aromatic heterocycles. The van der Waals surface area contributed by atoms with Gasteiger partial charge in [0.2, 0.25) is 5.91 Å². The molecule has 0 bridgehead atoms. The molecule has 7 heteroatoms. The minimum Gasteiger partial charge on any atom is -0.357 e. The van der Waals surface area contributed by atoms with Crippen LogP contribution >= 0.6 is 24.0 Å². The fourth-order valence-corrected chi connectivity index (χ4v) is 3.40. The fraction of sp³-hybridized carbons (Fsp3) is 0.429. The number of benzene rings is 1. The number of nitrogens with one attached hydrogen (secondary N) is 1. The smallest absolute Gasteiger partial charge is 0.244 e. The van der Waals surface area contributed by atoms with E-state index < -0.39 is 0 Å². The number of hydrogen-bond acceptors (Lipinski definition) is 2. The standard InChI is InChI=1S/C21H29N5O.HI/c1-4-22-21(25(3)16-19-10-7-12-24(19)2)23-14-20(27)26-13-11-17-8-5-6-9-18(17)15-26;/h5-10,12H,4,11,13-16H2,1-3H3,(H,22,23);1H. The maximum absolute atomic E-state index is 12.7. The summed E-state index contributed by atoms with van der Waals surface area (Å²) in [6.45, 7) is 5.15. The Morgan fingerprint density at radius 3 is 2.64 bits per heavy atom. The van der Waals surface area contributed by atoms with Gasteiger partial charge in [0, 0.05) is 45.6 Å². The lowest BCUT2D eigenvalue weighted by Crippen LogP contribution is -2.41. The molecular weight excluding hydrogens is 465 g/mol. The summed E-state index contributed by atoms with van der Waals surface area (Å²) in [4.78, 5) is 21.2. The highest BCUT2D eigenvalue weighted by molar-refractivity contribution is 14.0. The molecule has 1 aliphatic heterocycles. The van der Waals surface area contributed by atoms with Crippen molar-refractivity contribution in [2.75, 3.05) is 26.7 Å². The molecule has 1 N–H and O–H groups in total. The number of guanidine groups is 1. The summed E-state index contributed by atoms with van der Waals surface area (Å²) >= 11 is 0. The van der Waals surface area contributed by atoms with E-state index in [1.54, 1.807) is 0 Å². The Hall–Kier alpha value is -2.03. The predicted octanol–water partition coefficient (Wildman–Crippen LogP) is 2.63. The van der Waals surface area contributed by atoms with Crippen molar-refractivity contribution in [1.29, 1.82) is 0 Å². The van der Waals surface area contributed by atoms with E-state index in [-0.39, 0.29) is 36.4 Å². The van der Waals surface area contributed by atoms with Gasteiger partial charge in [-0.3, -0.25) is 4.79 Å². The lowest BCUT2D eigenvalue weighted by molar-refractivity contribution is -0.130. The molecule has 0 saturated heterocycles. The summed E-state index contributed by atoms with van der Waals surface area (Å²) in [5.74, 6) is 0.830. The minimum absolute atomic E-state index is 0. The molecular formula is C21H30IN5O. The van der Waals surface area contributed by atoms with Gasteiger partial charge in [-0.25, -0.2) is 4.99 Å². The Morgan fingerprint density at radius 2 is 1.96 bits per heavy atom. The molecule has 0 atom stereocenters. The van der Waals surface area contributed by atoms with E-state index in [0.29, 0.717) is 6.54 Å². The predicted molar refractivity (Wildman–Crippen MR) is 124 cm³/mol. The van der Waals surface area contributed by atoms with Crippen LogP contribution in [-0.2, 0) is 31.4 Å². The van der Waals surface area contributed by atoms with Crippen LogP contribution in [0.25, 0.3) is 0 Å². The topological polar surface area (TPSA) is 52.9 Å².